The molecule has 0 bridgehead atoms. The molecule has 1 N–H and O–H groups in total. The van der Waals surface area contributed by atoms with Gasteiger partial charge in [0.05, 0.1) is 0 Å². The molecule has 1 atom stereocenters. The van der Waals surface area contributed by atoms with E-state index in [-0.39, 0.29) is 23.8 Å². The van der Waals surface area contributed by atoms with E-state index in [1.54, 1.807) is 17.0 Å². The van der Waals surface area contributed by atoms with E-state index in [4.69, 9.17) is 16.3 Å². The molecule has 174 valence electrons. The van der Waals surface area contributed by atoms with Crippen LogP contribution >= 0.6 is 11.6 Å². The van der Waals surface area contributed by atoms with Crippen molar-refractivity contribution in [2.24, 2.45) is 0 Å². The molecule has 0 aromatic heterocycles. The standard InChI is InChI=1S/C26H35ClN2O3/c1-6-16-28-25(31)23(7-2)29(17-19-8-12-21(27)13-9-19)24(30)18-32-22-14-10-20(11-15-22)26(3,4)5/h8-15,23H,6-7,16-18H2,1-5H3,(H,28,31). The van der Waals surface area contributed by atoms with Gasteiger partial charge in [0, 0.05) is 18.1 Å². The summed E-state index contributed by atoms with van der Waals surface area (Å²) in [7, 11) is 0. The summed E-state index contributed by atoms with van der Waals surface area (Å²) >= 11 is 6.00. The van der Waals surface area contributed by atoms with Crippen LogP contribution in [0, 0.1) is 0 Å². The fourth-order valence-electron chi connectivity index (χ4n) is 3.35. The highest BCUT2D eigenvalue weighted by molar-refractivity contribution is 6.30. The van der Waals surface area contributed by atoms with Crippen molar-refractivity contribution >= 4 is 23.4 Å². The largest absolute Gasteiger partial charge is 0.484 e. The summed E-state index contributed by atoms with van der Waals surface area (Å²) in [4.78, 5) is 27.5. The number of hydrogen-bond acceptors (Lipinski definition) is 3. The molecule has 0 heterocycles. The fourth-order valence-corrected chi connectivity index (χ4v) is 3.48. The van der Waals surface area contributed by atoms with Crippen LogP contribution in [0.3, 0.4) is 0 Å². The quantitative estimate of drug-likeness (QED) is 0.522. The van der Waals surface area contributed by atoms with Crippen molar-refractivity contribution in [3.05, 3.63) is 64.7 Å². The maximum Gasteiger partial charge on any atom is 0.261 e. The second-order valence-electron chi connectivity index (χ2n) is 8.93. The molecule has 0 fully saturated rings. The van der Waals surface area contributed by atoms with Crippen molar-refractivity contribution in [3.63, 3.8) is 0 Å². The molecule has 0 saturated heterocycles. The van der Waals surface area contributed by atoms with Crippen LogP contribution in [0.15, 0.2) is 48.5 Å². The molecule has 0 radical (unpaired) electrons. The van der Waals surface area contributed by atoms with E-state index in [1.165, 1.54) is 5.56 Å². The van der Waals surface area contributed by atoms with Gasteiger partial charge in [0.25, 0.3) is 5.91 Å². The molecule has 2 aromatic carbocycles. The van der Waals surface area contributed by atoms with Gasteiger partial charge in [-0.1, -0.05) is 70.5 Å². The molecule has 1 unspecified atom stereocenters. The van der Waals surface area contributed by atoms with E-state index in [1.807, 2.05) is 50.2 Å². The van der Waals surface area contributed by atoms with E-state index >= 15 is 0 Å². The minimum Gasteiger partial charge on any atom is -0.484 e. The van der Waals surface area contributed by atoms with Gasteiger partial charge in [0.1, 0.15) is 11.8 Å². The number of amides is 2. The third kappa shape index (κ3) is 7.56. The third-order valence-electron chi connectivity index (χ3n) is 5.28. The lowest BCUT2D eigenvalue weighted by atomic mass is 9.87. The highest BCUT2D eigenvalue weighted by Crippen LogP contribution is 2.24. The number of nitrogens with zero attached hydrogens (tertiary/aromatic N) is 1. The molecule has 5 nitrogen and oxygen atoms in total. The Hall–Kier alpha value is -2.53. The van der Waals surface area contributed by atoms with Crippen molar-refractivity contribution in [1.29, 1.82) is 0 Å². The summed E-state index contributed by atoms with van der Waals surface area (Å²) in [6.07, 6.45) is 1.34. The number of ether oxygens (including phenoxy) is 1. The smallest absolute Gasteiger partial charge is 0.261 e. The van der Waals surface area contributed by atoms with E-state index in [2.05, 4.69) is 26.1 Å². The van der Waals surface area contributed by atoms with Gasteiger partial charge in [-0.3, -0.25) is 9.59 Å². The second-order valence-corrected chi connectivity index (χ2v) is 9.36. The van der Waals surface area contributed by atoms with Crippen LogP contribution in [-0.4, -0.2) is 35.9 Å². The molecule has 0 aliphatic rings. The first-order valence-corrected chi connectivity index (χ1v) is 11.6. The summed E-state index contributed by atoms with van der Waals surface area (Å²) in [5.41, 5.74) is 2.14. The van der Waals surface area contributed by atoms with Gasteiger partial charge >= 0.3 is 0 Å². The minimum atomic E-state index is -0.573. The Morgan fingerprint density at radius 3 is 2.19 bits per heavy atom. The van der Waals surface area contributed by atoms with E-state index < -0.39 is 6.04 Å². The molecule has 2 rings (SSSR count). The van der Waals surface area contributed by atoms with Crippen LogP contribution < -0.4 is 10.1 Å². The van der Waals surface area contributed by atoms with Crippen LogP contribution in [0.4, 0.5) is 0 Å². The molecule has 0 aliphatic carbocycles. The first-order valence-electron chi connectivity index (χ1n) is 11.2. The SMILES string of the molecule is CCCNC(=O)C(CC)N(Cc1ccc(Cl)cc1)C(=O)COc1ccc(C(C)(C)C)cc1. The molecule has 0 spiro atoms. The lowest BCUT2D eigenvalue weighted by molar-refractivity contribution is -0.143. The zero-order chi connectivity index (χ0) is 23.7. The summed E-state index contributed by atoms with van der Waals surface area (Å²) in [5.74, 6) is 0.241. The normalized spacial score (nSPS) is 12.2. The first-order chi connectivity index (χ1) is 15.2. The lowest BCUT2D eigenvalue weighted by Gasteiger charge is -2.30. The molecule has 2 amide bonds. The maximum absolute atomic E-state index is 13.2. The van der Waals surface area contributed by atoms with Gasteiger partial charge in [-0.25, -0.2) is 0 Å². The Kier molecular flexibility index (Phi) is 9.58. The van der Waals surface area contributed by atoms with Gasteiger partial charge < -0.3 is 15.0 Å². The monoisotopic (exact) mass is 458 g/mol. The number of rotatable bonds is 10. The molecular formula is C26H35ClN2O3. The van der Waals surface area contributed by atoms with E-state index in [9.17, 15) is 9.59 Å². The molecule has 32 heavy (non-hydrogen) atoms. The number of carbonyl (C=O) groups excluding carboxylic acids is 2. The third-order valence-corrected chi connectivity index (χ3v) is 5.54. The number of nitrogens with one attached hydrogen (secondary N) is 1. The number of benzene rings is 2. The summed E-state index contributed by atoms with van der Waals surface area (Å²) in [5, 5.41) is 3.54. The Bertz CT molecular complexity index is 873. The average molecular weight is 459 g/mol. The zero-order valence-electron chi connectivity index (χ0n) is 19.8. The lowest BCUT2D eigenvalue weighted by Crippen LogP contribution is -2.50. The van der Waals surface area contributed by atoms with Crippen LogP contribution in [0.1, 0.15) is 58.6 Å². The predicted molar refractivity (Wildman–Crippen MR) is 130 cm³/mol. The number of carbonyl (C=O) groups is 2. The maximum atomic E-state index is 13.2. The number of hydrogen-bond donors (Lipinski definition) is 1. The van der Waals surface area contributed by atoms with Gasteiger partial charge in [-0.05, 0) is 53.6 Å². The Morgan fingerprint density at radius 1 is 1.03 bits per heavy atom. The van der Waals surface area contributed by atoms with Gasteiger partial charge in [0.15, 0.2) is 6.61 Å². The van der Waals surface area contributed by atoms with Gasteiger partial charge in [-0.2, -0.15) is 0 Å². The topological polar surface area (TPSA) is 58.6 Å². The highest BCUT2D eigenvalue weighted by atomic mass is 35.5. The van der Waals surface area contributed by atoms with Crippen LogP contribution in [0.25, 0.3) is 0 Å². The van der Waals surface area contributed by atoms with Gasteiger partial charge in [-0.15, -0.1) is 0 Å². The van der Waals surface area contributed by atoms with E-state index in [0.717, 1.165) is 12.0 Å². The minimum absolute atomic E-state index is 0.0456. The second kappa shape index (κ2) is 11.9. The fraction of sp³-hybridized carbons (Fsp3) is 0.462. The summed E-state index contributed by atoms with van der Waals surface area (Å²) in [6.45, 7) is 11.1. The predicted octanol–water partition coefficient (Wildman–Crippen LogP) is 5.35. The molecule has 2 aromatic rings. The van der Waals surface area contributed by atoms with Crippen molar-refractivity contribution in [1.82, 2.24) is 10.2 Å². The van der Waals surface area contributed by atoms with Crippen LogP contribution in [-0.2, 0) is 21.5 Å². The highest BCUT2D eigenvalue weighted by Gasteiger charge is 2.28. The molecular weight excluding hydrogens is 424 g/mol. The zero-order valence-corrected chi connectivity index (χ0v) is 20.5. The van der Waals surface area contributed by atoms with Crippen LogP contribution in [0.5, 0.6) is 5.75 Å². The van der Waals surface area contributed by atoms with Gasteiger partial charge in [0.2, 0.25) is 5.91 Å². The summed E-state index contributed by atoms with van der Waals surface area (Å²) in [6, 6.07) is 14.5. The van der Waals surface area contributed by atoms with E-state index in [0.29, 0.717) is 30.3 Å². The molecule has 0 aliphatic heterocycles. The average Bonchev–Trinajstić information content (AvgIpc) is 2.76. The van der Waals surface area contributed by atoms with Crippen LogP contribution in [0.2, 0.25) is 5.02 Å². The Balaban J connectivity index is 2.16. The van der Waals surface area contributed by atoms with Crippen molar-refractivity contribution in [2.75, 3.05) is 13.2 Å². The number of halogens is 1. The first kappa shape index (κ1) is 25.7. The Morgan fingerprint density at radius 2 is 1.66 bits per heavy atom. The molecule has 6 heteroatoms. The van der Waals surface area contributed by atoms with Crippen molar-refractivity contribution in [2.45, 2.75) is 65.5 Å². The van der Waals surface area contributed by atoms with Crippen molar-refractivity contribution in [3.8, 4) is 5.75 Å². The Labute approximate surface area is 197 Å². The van der Waals surface area contributed by atoms with Crippen molar-refractivity contribution < 1.29 is 14.3 Å². The summed E-state index contributed by atoms with van der Waals surface area (Å²) < 4.78 is 5.78. The molecule has 0 saturated carbocycles.